The van der Waals surface area contributed by atoms with Crippen molar-refractivity contribution in [2.75, 3.05) is 13.2 Å². The smallest absolute Gasteiger partial charge is 0.196 e. The van der Waals surface area contributed by atoms with Crippen LogP contribution in [-0.2, 0) is 4.74 Å². The van der Waals surface area contributed by atoms with Crippen LogP contribution in [0.5, 0.6) is 5.75 Å². The molecule has 1 aromatic heterocycles. The van der Waals surface area contributed by atoms with Gasteiger partial charge in [-0.3, -0.25) is 9.78 Å². The number of rotatable bonds is 5. The Balaban J connectivity index is 1.48. The van der Waals surface area contributed by atoms with Crippen molar-refractivity contribution in [3.8, 4) is 5.75 Å². The minimum atomic E-state index is -0.388. The van der Waals surface area contributed by atoms with Gasteiger partial charge in [0.15, 0.2) is 23.2 Å². The Labute approximate surface area is 132 Å². The van der Waals surface area contributed by atoms with Crippen molar-refractivity contribution in [1.29, 1.82) is 0 Å². The second-order valence-electron chi connectivity index (χ2n) is 4.98. The SMILES string of the molecule is O=C1CC(OCCCOc2ccccc2F)=Nc2ccncc21. The van der Waals surface area contributed by atoms with E-state index in [1.54, 1.807) is 30.5 Å². The van der Waals surface area contributed by atoms with E-state index in [0.717, 1.165) is 0 Å². The van der Waals surface area contributed by atoms with Crippen molar-refractivity contribution in [3.05, 3.63) is 54.1 Å². The van der Waals surface area contributed by atoms with Gasteiger partial charge >= 0.3 is 0 Å². The second-order valence-corrected chi connectivity index (χ2v) is 4.98. The molecule has 0 atom stereocenters. The molecule has 2 heterocycles. The largest absolute Gasteiger partial charge is 0.490 e. The van der Waals surface area contributed by atoms with Crippen LogP contribution in [0.25, 0.3) is 0 Å². The van der Waals surface area contributed by atoms with Crippen LogP contribution in [0, 0.1) is 5.82 Å². The standard InChI is InChI=1S/C17H15FN2O3/c18-13-4-1-2-5-16(13)22-8-3-9-23-17-10-15(21)12-11-19-7-6-14(12)20-17/h1-2,4-7,11H,3,8-10H2. The number of hydrogen-bond acceptors (Lipinski definition) is 5. The summed E-state index contributed by atoms with van der Waals surface area (Å²) in [4.78, 5) is 20.2. The maximum Gasteiger partial charge on any atom is 0.196 e. The summed E-state index contributed by atoms with van der Waals surface area (Å²) in [6, 6.07) is 7.92. The molecule has 0 spiro atoms. The number of pyridine rings is 1. The average molecular weight is 314 g/mol. The van der Waals surface area contributed by atoms with E-state index in [0.29, 0.717) is 36.8 Å². The van der Waals surface area contributed by atoms with Crippen LogP contribution < -0.4 is 4.74 Å². The summed E-state index contributed by atoms with van der Waals surface area (Å²) < 4.78 is 24.2. The van der Waals surface area contributed by atoms with Crippen molar-refractivity contribution in [2.24, 2.45) is 4.99 Å². The highest BCUT2D eigenvalue weighted by Crippen LogP contribution is 2.24. The van der Waals surface area contributed by atoms with Crippen molar-refractivity contribution >= 4 is 17.4 Å². The van der Waals surface area contributed by atoms with Gasteiger partial charge in [-0.2, -0.15) is 0 Å². The molecular weight excluding hydrogens is 299 g/mol. The molecule has 0 saturated heterocycles. The Morgan fingerprint density at radius 3 is 2.83 bits per heavy atom. The minimum Gasteiger partial charge on any atom is -0.490 e. The van der Waals surface area contributed by atoms with Crippen LogP contribution in [-0.4, -0.2) is 29.9 Å². The number of carbonyl (C=O) groups is 1. The van der Waals surface area contributed by atoms with Gasteiger partial charge in [-0.05, 0) is 18.2 Å². The van der Waals surface area contributed by atoms with E-state index < -0.39 is 0 Å². The summed E-state index contributed by atoms with van der Waals surface area (Å²) in [5.41, 5.74) is 1.09. The molecule has 0 bridgehead atoms. The van der Waals surface area contributed by atoms with Gasteiger partial charge in [0.25, 0.3) is 0 Å². The summed E-state index contributed by atoms with van der Waals surface area (Å²) in [6.07, 6.45) is 3.79. The van der Waals surface area contributed by atoms with Gasteiger partial charge in [-0.15, -0.1) is 0 Å². The van der Waals surface area contributed by atoms with Gasteiger partial charge in [0.1, 0.15) is 0 Å². The first-order chi connectivity index (χ1) is 11.2. The lowest BCUT2D eigenvalue weighted by molar-refractivity contribution is 0.0990. The summed E-state index contributed by atoms with van der Waals surface area (Å²) >= 11 is 0. The number of benzene rings is 1. The first kappa shape index (κ1) is 15.1. The van der Waals surface area contributed by atoms with Gasteiger partial charge in [-0.1, -0.05) is 12.1 Å². The normalized spacial score (nSPS) is 13.3. The van der Waals surface area contributed by atoms with E-state index >= 15 is 0 Å². The number of ketones is 1. The molecule has 0 N–H and O–H groups in total. The predicted molar refractivity (Wildman–Crippen MR) is 82.7 cm³/mol. The molecule has 6 heteroatoms. The molecule has 1 aromatic carbocycles. The number of nitrogens with zero attached hydrogens (tertiary/aromatic N) is 2. The Morgan fingerprint density at radius 1 is 1.13 bits per heavy atom. The zero-order chi connectivity index (χ0) is 16.1. The molecule has 5 nitrogen and oxygen atoms in total. The highest BCUT2D eigenvalue weighted by atomic mass is 19.1. The number of carbonyl (C=O) groups excluding carboxylic acids is 1. The minimum absolute atomic E-state index is 0.0549. The maximum absolute atomic E-state index is 13.4. The van der Waals surface area contributed by atoms with E-state index in [1.807, 2.05) is 0 Å². The maximum atomic E-state index is 13.4. The first-order valence-corrected chi connectivity index (χ1v) is 7.29. The number of aromatic nitrogens is 1. The molecule has 0 unspecified atom stereocenters. The highest BCUT2D eigenvalue weighted by Gasteiger charge is 2.20. The Bertz CT molecular complexity index is 746. The average Bonchev–Trinajstić information content (AvgIpc) is 2.56. The third kappa shape index (κ3) is 3.71. The topological polar surface area (TPSA) is 60.8 Å². The van der Waals surface area contributed by atoms with Crippen molar-refractivity contribution < 1.29 is 18.7 Å². The van der Waals surface area contributed by atoms with Crippen LogP contribution in [0.1, 0.15) is 23.2 Å². The van der Waals surface area contributed by atoms with Crippen molar-refractivity contribution in [3.63, 3.8) is 0 Å². The fourth-order valence-corrected chi connectivity index (χ4v) is 2.18. The molecule has 2 aromatic rings. The van der Waals surface area contributed by atoms with E-state index in [1.165, 1.54) is 12.3 Å². The zero-order valence-corrected chi connectivity index (χ0v) is 12.4. The first-order valence-electron chi connectivity index (χ1n) is 7.29. The van der Waals surface area contributed by atoms with Gasteiger partial charge in [0.05, 0.1) is 30.9 Å². The fourth-order valence-electron chi connectivity index (χ4n) is 2.18. The van der Waals surface area contributed by atoms with Crippen LogP contribution in [0.3, 0.4) is 0 Å². The van der Waals surface area contributed by atoms with Gasteiger partial charge in [0.2, 0.25) is 0 Å². The monoisotopic (exact) mass is 314 g/mol. The molecule has 3 rings (SSSR count). The lowest BCUT2D eigenvalue weighted by Crippen LogP contribution is -2.17. The molecule has 0 saturated carbocycles. The number of hydrogen-bond donors (Lipinski definition) is 0. The van der Waals surface area contributed by atoms with E-state index in [4.69, 9.17) is 9.47 Å². The van der Waals surface area contributed by atoms with E-state index in [-0.39, 0.29) is 23.8 Å². The van der Waals surface area contributed by atoms with Crippen LogP contribution >= 0.6 is 0 Å². The predicted octanol–water partition coefficient (Wildman–Crippen LogP) is 3.32. The third-order valence-electron chi connectivity index (χ3n) is 3.31. The van der Waals surface area contributed by atoms with Gasteiger partial charge in [0, 0.05) is 18.8 Å². The fraction of sp³-hybridized carbons (Fsp3) is 0.235. The number of halogens is 1. The lowest BCUT2D eigenvalue weighted by Gasteiger charge is -2.15. The van der Waals surface area contributed by atoms with Crippen LogP contribution in [0.4, 0.5) is 10.1 Å². The zero-order valence-electron chi connectivity index (χ0n) is 12.4. The number of fused-ring (bicyclic) bond motifs is 1. The lowest BCUT2D eigenvalue weighted by atomic mass is 10.1. The quantitative estimate of drug-likeness (QED) is 0.794. The summed E-state index contributed by atoms with van der Waals surface area (Å²) in [7, 11) is 0. The van der Waals surface area contributed by atoms with Gasteiger partial charge in [-0.25, -0.2) is 9.38 Å². The summed E-state index contributed by atoms with van der Waals surface area (Å²) in [5.74, 6) is 0.167. The van der Waals surface area contributed by atoms with Gasteiger partial charge < -0.3 is 9.47 Å². The van der Waals surface area contributed by atoms with E-state index in [2.05, 4.69) is 9.98 Å². The molecule has 118 valence electrons. The molecule has 0 radical (unpaired) electrons. The molecular formula is C17H15FN2O3. The molecule has 23 heavy (non-hydrogen) atoms. The number of ether oxygens (including phenoxy) is 2. The Hall–Kier alpha value is -2.76. The van der Waals surface area contributed by atoms with Crippen molar-refractivity contribution in [1.82, 2.24) is 4.98 Å². The molecule has 1 aliphatic rings. The van der Waals surface area contributed by atoms with Crippen molar-refractivity contribution in [2.45, 2.75) is 12.8 Å². The van der Waals surface area contributed by atoms with Crippen LogP contribution in [0.2, 0.25) is 0 Å². The highest BCUT2D eigenvalue weighted by molar-refractivity contribution is 6.13. The second kappa shape index (κ2) is 7.00. The molecule has 0 amide bonds. The number of aliphatic imine (C=N–C) groups is 1. The summed E-state index contributed by atoms with van der Waals surface area (Å²) in [6.45, 7) is 0.670. The Kier molecular flexibility index (Phi) is 4.61. The molecule has 1 aliphatic heterocycles. The summed E-state index contributed by atoms with van der Waals surface area (Å²) in [5, 5.41) is 0. The van der Waals surface area contributed by atoms with Crippen LogP contribution in [0.15, 0.2) is 47.7 Å². The van der Waals surface area contributed by atoms with E-state index in [9.17, 15) is 9.18 Å². The Morgan fingerprint density at radius 2 is 1.96 bits per heavy atom. The molecule has 0 aliphatic carbocycles. The number of Topliss-reactive ketones (excluding diaryl/α,β-unsaturated/α-hetero) is 1. The molecule has 0 fully saturated rings. The third-order valence-corrected chi connectivity index (χ3v) is 3.31. The number of para-hydroxylation sites is 1.